The Labute approximate surface area is 141 Å². The molecule has 0 bridgehead atoms. The number of rotatable bonds is 4. The normalized spacial score (nSPS) is 14.4. The van der Waals surface area contributed by atoms with Crippen LogP contribution in [-0.2, 0) is 15.8 Å². The summed E-state index contributed by atoms with van der Waals surface area (Å²) in [5.74, 6) is 0.389. The molecule has 0 unspecified atom stereocenters. The van der Waals surface area contributed by atoms with E-state index in [2.05, 4.69) is 0 Å². The number of ketones is 1. The van der Waals surface area contributed by atoms with Crippen molar-refractivity contribution >= 4 is 21.5 Å². The minimum Gasteiger partial charge on any atom is -0.497 e. The summed E-state index contributed by atoms with van der Waals surface area (Å²) in [7, 11) is -2.05. The third-order valence-corrected chi connectivity index (χ3v) is 5.83. The topological polar surface area (TPSA) is 63.7 Å². The Morgan fingerprint density at radius 2 is 1.96 bits per heavy atom. The molecule has 3 rings (SSSR count). The summed E-state index contributed by atoms with van der Waals surface area (Å²) in [6, 6.07) is 12.4. The average molecular weight is 345 g/mol. The molecule has 2 aromatic rings. The molecule has 126 valence electrons. The first kappa shape index (κ1) is 16.5. The zero-order valence-corrected chi connectivity index (χ0v) is 14.5. The molecule has 24 heavy (non-hydrogen) atoms. The number of sulfonamides is 1. The third kappa shape index (κ3) is 3.14. The van der Waals surface area contributed by atoms with E-state index in [0.717, 1.165) is 11.1 Å². The van der Waals surface area contributed by atoms with Crippen LogP contribution in [0.4, 0.5) is 5.69 Å². The molecule has 0 saturated heterocycles. The van der Waals surface area contributed by atoms with Gasteiger partial charge in [0, 0.05) is 18.5 Å². The van der Waals surface area contributed by atoms with Crippen molar-refractivity contribution in [1.82, 2.24) is 0 Å². The van der Waals surface area contributed by atoms with Crippen LogP contribution in [-0.4, -0.2) is 27.9 Å². The lowest BCUT2D eigenvalue weighted by atomic mass is 10.0. The van der Waals surface area contributed by atoms with Gasteiger partial charge in [-0.15, -0.1) is 0 Å². The number of aryl methyl sites for hydroxylation is 1. The predicted molar refractivity (Wildman–Crippen MR) is 93.1 cm³/mol. The Kier molecular flexibility index (Phi) is 4.32. The summed E-state index contributed by atoms with van der Waals surface area (Å²) in [4.78, 5) is 12.2. The first-order valence-corrected chi connectivity index (χ1v) is 9.29. The lowest BCUT2D eigenvalue weighted by Gasteiger charge is -2.30. The summed E-state index contributed by atoms with van der Waals surface area (Å²) in [5, 5.41) is 0. The van der Waals surface area contributed by atoms with Crippen molar-refractivity contribution in [2.75, 3.05) is 18.0 Å². The maximum Gasteiger partial charge on any atom is 0.239 e. The maximum atomic E-state index is 12.9. The first-order valence-electron chi connectivity index (χ1n) is 7.68. The number of hydrogen-bond donors (Lipinski definition) is 0. The van der Waals surface area contributed by atoms with Crippen LogP contribution in [0.15, 0.2) is 42.5 Å². The lowest BCUT2D eigenvalue weighted by Crippen LogP contribution is -2.38. The monoisotopic (exact) mass is 345 g/mol. The number of nitrogens with zero attached hydrogens (tertiary/aromatic N) is 1. The van der Waals surface area contributed by atoms with Crippen molar-refractivity contribution in [1.29, 1.82) is 0 Å². The average Bonchev–Trinajstić information content (AvgIpc) is 2.54. The number of methoxy groups -OCH3 is 1. The smallest absolute Gasteiger partial charge is 0.239 e. The van der Waals surface area contributed by atoms with Gasteiger partial charge in [0.05, 0.1) is 18.6 Å². The molecule has 0 N–H and O–H groups in total. The Balaban J connectivity index is 1.98. The van der Waals surface area contributed by atoms with E-state index < -0.39 is 10.0 Å². The van der Waals surface area contributed by atoms with Crippen LogP contribution in [0.5, 0.6) is 5.75 Å². The molecule has 0 atom stereocenters. The molecule has 0 aliphatic carbocycles. The van der Waals surface area contributed by atoms with Gasteiger partial charge in [0.1, 0.15) is 5.75 Å². The van der Waals surface area contributed by atoms with Crippen LogP contribution < -0.4 is 9.04 Å². The number of benzene rings is 2. The zero-order chi connectivity index (χ0) is 17.3. The SMILES string of the molecule is COc1ccc2c(c1)C(=O)CCN2S(=O)(=O)Cc1cccc(C)c1. The molecular formula is C18H19NO4S. The van der Waals surface area contributed by atoms with Gasteiger partial charge in [-0.1, -0.05) is 29.8 Å². The van der Waals surface area contributed by atoms with E-state index in [1.807, 2.05) is 25.1 Å². The highest BCUT2D eigenvalue weighted by Gasteiger charge is 2.31. The van der Waals surface area contributed by atoms with Gasteiger partial charge < -0.3 is 4.74 Å². The molecular weight excluding hydrogens is 326 g/mol. The Hall–Kier alpha value is -2.34. The number of ether oxygens (including phenoxy) is 1. The van der Waals surface area contributed by atoms with Crippen molar-refractivity contribution in [2.24, 2.45) is 0 Å². The Morgan fingerprint density at radius 3 is 2.67 bits per heavy atom. The highest BCUT2D eigenvalue weighted by Crippen LogP contribution is 2.33. The third-order valence-electron chi connectivity index (χ3n) is 4.08. The number of hydrogen-bond acceptors (Lipinski definition) is 4. The van der Waals surface area contributed by atoms with Gasteiger partial charge >= 0.3 is 0 Å². The van der Waals surface area contributed by atoms with Gasteiger partial charge in [-0.2, -0.15) is 0 Å². The predicted octanol–water partition coefficient (Wildman–Crippen LogP) is 2.93. The van der Waals surface area contributed by atoms with Gasteiger partial charge in [-0.05, 0) is 30.7 Å². The number of anilines is 1. The molecule has 0 radical (unpaired) electrons. The number of fused-ring (bicyclic) bond motifs is 1. The van der Waals surface area contributed by atoms with Crippen molar-refractivity contribution in [3.05, 3.63) is 59.2 Å². The number of Topliss-reactive ketones (excluding diaryl/α,β-unsaturated/α-hetero) is 1. The summed E-state index contributed by atoms with van der Waals surface area (Å²) in [6.45, 7) is 2.10. The molecule has 0 amide bonds. The van der Waals surface area contributed by atoms with Crippen molar-refractivity contribution in [2.45, 2.75) is 19.1 Å². The molecule has 0 fully saturated rings. The van der Waals surface area contributed by atoms with E-state index >= 15 is 0 Å². The van der Waals surface area contributed by atoms with Crippen LogP contribution in [0.3, 0.4) is 0 Å². The van der Waals surface area contributed by atoms with Crippen LogP contribution in [0.1, 0.15) is 27.9 Å². The van der Waals surface area contributed by atoms with Gasteiger partial charge in [0.2, 0.25) is 10.0 Å². The lowest BCUT2D eigenvalue weighted by molar-refractivity contribution is 0.0981. The van der Waals surface area contributed by atoms with E-state index in [9.17, 15) is 13.2 Å². The highest BCUT2D eigenvalue weighted by atomic mass is 32.2. The molecule has 0 spiro atoms. The number of carbonyl (C=O) groups is 1. The van der Waals surface area contributed by atoms with Gasteiger partial charge in [0.15, 0.2) is 5.78 Å². The van der Waals surface area contributed by atoms with E-state index in [-0.39, 0.29) is 24.5 Å². The molecule has 5 nitrogen and oxygen atoms in total. The zero-order valence-electron chi connectivity index (χ0n) is 13.7. The van der Waals surface area contributed by atoms with E-state index in [1.165, 1.54) is 11.4 Å². The summed E-state index contributed by atoms with van der Waals surface area (Å²) >= 11 is 0. The van der Waals surface area contributed by atoms with Crippen molar-refractivity contribution < 1.29 is 17.9 Å². The molecule has 1 aliphatic rings. The standard InChI is InChI=1S/C18H19NO4S/c1-13-4-3-5-14(10-13)12-24(21,22)19-9-8-18(20)16-11-15(23-2)6-7-17(16)19/h3-7,10-11H,8-9,12H2,1-2H3. The molecule has 0 aromatic heterocycles. The summed E-state index contributed by atoms with van der Waals surface area (Å²) in [5.41, 5.74) is 2.58. The van der Waals surface area contributed by atoms with E-state index in [0.29, 0.717) is 17.0 Å². The van der Waals surface area contributed by atoms with Crippen LogP contribution in [0, 0.1) is 6.92 Å². The summed E-state index contributed by atoms with van der Waals surface area (Å²) < 4.78 is 32.2. The van der Waals surface area contributed by atoms with Gasteiger partial charge in [0.25, 0.3) is 0 Å². The summed E-state index contributed by atoms with van der Waals surface area (Å²) in [6.07, 6.45) is 0.174. The largest absolute Gasteiger partial charge is 0.497 e. The second-order valence-electron chi connectivity index (χ2n) is 5.87. The molecule has 1 heterocycles. The second-order valence-corrected chi connectivity index (χ2v) is 7.77. The molecule has 2 aromatic carbocycles. The second kappa shape index (κ2) is 6.28. The van der Waals surface area contributed by atoms with Crippen LogP contribution in [0.2, 0.25) is 0 Å². The van der Waals surface area contributed by atoms with Crippen LogP contribution >= 0.6 is 0 Å². The minimum absolute atomic E-state index is 0.0640. The minimum atomic E-state index is -3.57. The van der Waals surface area contributed by atoms with Crippen molar-refractivity contribution in [3.8, 4) is 5.75 Å². The van der Waals surface area contributed by atoms with Gasteiger partial charge in [-0.25, -0.2) is 8.42 Å². The van der Waals surface area contributed by atoms with E-state index in [1.54, 1.807) is 24.3 Å². The number of carbonyl (C=O) groups excluding carboxylic acids is 1. The van der Waals surface area contributed by atoms with E-state index in [4.69, 9.17) is 4.74 Å². The fourth-order valence-corrected chi connectivity index (χ4v) is 4.51. The maximum absolute atomic E-state index is 12.9. The molecule has 6 heteroatoms. The fraction of sp³-hybridized carbons (Fsp3) is 0.278. The van der Waals surface area contributed by atoms with Gasteiger partial charge in [-0.3, -0.25) is 9.10 Å². The molecule has 0 saturated carbocycles. The van der Waals surface area contributed by atoms with Crippen molar-refractivity contribution in [3.63, 3.8) is 0 Å². The quantitative estimate of drug-likeness (QED) is 0.855. The highest BCUT2D eigenvalue weighted by molar-refractivity contribution is 7.92. The first-order chi connectivity index (χ1) is 11.4. The van der Waals surface area contributed by atoms with Crippen LogP contribution in [0.25, 0.3) is 0 Å². The fourth-order valence-electron chi connectivity index (χ4n) is 2.92. The Bertz CT molecular complexity index is 890. The Morgan fingerprint density at radius 1 is 1.17 bits per heavy atom. The molecule has 1 aliphatic heterocycles.